The van der Waals surface area contributed by atoms with E-state index < -0.39 is 0 Å². The van der Waals surface area contributed by atoms with Crippen molar-refractivity contribution in [2.75, 3.05) is 0 Å². The first-order valence-electron chi connectivity index (χ1n) is 4.52. The molecule has 0 aliphatic heterocycles. The maximum Gasteiger partial charge on any atom is 0.130 e. The van der Waals surface area contributed by atoms with E-state index in [1.807, 2.05) is 22.6 Å². The summed E-state index contributed by atoms with van der Waals surface area (Å²) in [5.41, 5.74) is 1.60. The quantitative estimate of drug-likeness (QED) is 0.755. The van der Waals surface area contributed by atoms with Gasteiger partial charge in [0.15, 0.2) is 0 Å². The van der Waals surface area contributed by atoms with Crippen LogP contribution in [0.1, 0.15) is 0 Å². The van der Waals surface area contributed by atoms with Crippen molar-refractivity contribution in [1.82, 2.24) is 0 Å². The summed E-state index contributed by atoms with van der Waals surface area (Å²) >= 11 is 8.04. The van der Waals surface area contributed by atoms with Crippen LogP contribution in [-0.4, -0.2) is 5.11 Å². The van der Waals surface area contributed by atoms with Gasteiger partial charge in [-0.25, -0.2) is 4.39 Å². The highest BCUT2D eigenvalue weighted by molar-refractivity contribution is 14.1. The molecule has 0 bridgehead atoms. The van der Waals surface area contributed by atoms with E-state index in [2.05, 4.69) is 0 Å². The zero-order chi connectivity index (χ0) is 11.7. The lowest BCUT2D eigenvalue weighted by Gasteiger charge is -2.06. The second kappa shape index (κ2) is 4.59. The molecule has 0 aromatic heterocycles. The van der Waals surface area contributed by atoms with Gasteiger partial charge in [0.1, 0.15) is 11.6 Å². The smallest absolute Gasteiger partial charge is 0.130 e. The summed E-state index contributed by atoms with van der Waals surface area (Å²) in [6.45, 7) is 0. The Balaban J connectivity index is 2.56. The minimum atomic E-state index is -0.284. The number of phenols is 1. The third kappa shape index (κ3) is 2.30. The molecule has 0 aliphatic carbocycles. The maximum absolute atomic E-state index is 12.8. The summed E-state index contributed by atoms with van der Waals surface area (Å²) in [5, 5.41) is 9.91. The van der Waals surface area contributed by atoms with Crippen LogP contribution < -0.4 is 0 Å². The molecular formula is C12H7ClFIO. The average molecular weight is 349 g/mol. The molecular weight excluding hydrogens is 341 g/mol. The molecule has 0 saturated carbocycles. The maximum atomic E-state index is 12.8. The molecule has 0 saturated heterocycles. The van der Waals surface area contributed by atoms with E-state index in [4.69, 9.17) is 11.6 Å². The van der Waals surface area contributed by atoms with Gasteiger partial charge >= 0.3 is 0 Å². The van der Waals surface area contributed by atoms with Crippen LogP contribution in [0.15, 0.2) is 36.4 Å². The largest absolute Gasteiger partial charge is 0.507 e. The van der Waals surface area contributed by atoms with Crippen LogP contribution in [0.3, 0.4) is 0 Å². The van der Waals surface area contributed by atoms with E-state index >= 15 is 0 Å². The monoisotopic (exact) mass is 348 g/mol. The molecule has 0 amide bonds. The van der Waals surface area contributed by atoms with E-state index in [-0.39, 0.29) is 11.6 Å². The van der Waals surface area contributed by atoms with Crippen molar-refractivity contribution in [3.63, 3.8) is 0 Å². The number of rotatable bonds is 1. The van der Waals surface area contributed by atoms with Gasteiger partial charge in [0.05, 0.1) is 8.59 Å². The Morgan fingerprint density at radius 1 is 1.12 bits per heavy atom. The molecule has 82 valence electrons. The van der Waals surface area contributed by atoms with Gasteiger partial charge in [0.2, 0.25) is 0 Å². The van der Waals surface area contributed by atoms with Crippen LogP contribution in [0, 0.1) is 9.39 Å². The molecule has 2 rings (SSSR count). The Morgan fingerprint density at radius 3 is 2.38 bits per heavy atom. The predicted octanol–water partition coefficient (Wildman–Crippen LogP) is 4.46. The van der Waals surface area contributed by atoms with Crippen LogP contribution in [0.25, 0.3) is 11.1 Å². The van der Waals surface area contributed by atoms with Gasteiger partial charge in [0.25, 0.3) is 0 Å². The molecule has 2 aromatic carbocycles. The summed E-state index contributed by atoms with van der Waals surface area (Å²) in [6, 6.07) is 9.33. The second-order valence-corrected chi connectivity index (χ2v) is 4.86. The highest BCUT2D eigenvalue weighted by atomic mass is 127. The Bertz CT molecular complexity index is 525. The molecule has 1 nitrogen and oxygen atoms in total. The van der Waals surface area contributed by atoms with Gasteiger partial charge in [-0.1, -0.05) is 23.7 Å². The van der Waals surface area contributed by atoms with Gasteiger partial charge in [-0.2, -0.15) is 0 Å². The number of phenolic OH excluding ortho intramolecular Hbond substituents is 1. The lowest BCUT2D eigenvalue weighted by molar-refractivity contribution is 0.471. The first-order valence-corrected chi connectivity index (χ1v) is 5.97. The Kier molecular flexibility index (Phi) is 3.35. The van der Waals surface area contributed by atoms with Crippen molar-refractivity contribution in [1.29, 1.82) is 0 Å². The Morgan fingerprint density at radius 2 is 1.75 bits per heavy atom. The van der Waals surface area contributed by atoms with Crippen LogP contribution >= 0.6 is 34.2 Å². The topological polar surface area (TPSA) is 20.2 Å². The van der Waals surface area contributed by atoms with E-state index in [1.54, 1.807) is 18.2 Å². The minimum absolute atomic E-state index is 0.150. The van der Waals surface area contributed by atoms with Crippen LogP contribution in [-0.2, 0) is 0 Å². The first-order chi connectivity index (χ1) is 7.58. The summed E-state index contributed by atoms with van der Waals surface area (Å²) in [6.07, 6.45) is 0. The molecule has 0 fully saturated rings. The summed E-state index contributed by atoms with van der Waals surface area (Å²) < 4.78 is 13.5. The van der Waals surface area contributed by atoms with Crippen molar-refractivity contribution in [2.24, 2.45) is 0 Å². The van der Waals surface area contributed by atoms with Crippen molar-refractivity contribution in [3.05, 3.63) is 50.8 Å². The van der Waals surface area contributed by atoms with Gasteiger partial charge < -0.3 is 5.11 Å². The zero-order valence-corrected chi connectivity index (χ0v) is 11.0. The number of hydrogen-bond acceptors (Lipinski definition) is 1. The predicted molar refractivity (Wildman–Crippen MR) is 71.2 cm³/mol. The van der Waals surface area contributed by atoms with Gasteiger partial charge in [0, 0.05) is 11.6 Å². The first kappa shape index (κ1) is 11.7. The lowest BCUT2D eigenvalue weighted by atomic mass is 10.1. The molecule has 0 spiro atoms. The van der Waals surface area contributed by atoms with E-state index in [0.717, 1.165) is 11.1 Å². The van der Waals surface area contributed by atoms with E-state index in [9.17, 15) is 9.50 Å². The second-order valence-electron chi connectivity index (χ2n) is 3.29. The highest BCUT2D eigenvalue weighted by Crippen LogP contribution is 2.34. The molecule has 4 heteroatoms. The Labute approximate surface area is 111 Å². The van der Waals surface area contributed by atoms with Crippen molar-refractivity contribution in [3.8, 4) is 16.9 Å². The van der Waals surface area contributed by atoms with Gasteiger partial charge in [-0.15, -0.1) is 0 Å². The molecule has 0 unspecified atom stereocenters. The average Bonchev–Trinajstić information content (AvgIpc) is 2.25. The summed E-state index contributed by atoms with van der Waals surface area (Å²) in [5.74, 6) is -0.134. The fourth-order valence-electron chi connectivity index (χ4n) is 1.39. The summed E-state index contributed by atoms with van der Waals surface area (Å²) in [4.78, 5) is 0. The zero-order valence-electron chi connectivity index (χ0n) is 8.05. The minimum Gasteiger partial charge on any atom is -0.507 e. The molecule has 0 radical (unpaired) electrons. The highest BCUT2D eigenvalue weighted by Gasteiger charge is 2.08. The normalized spacial score (nSPS) is 10.4. The SMILES string of the molecule is Oc1cc(Cl)c(-c2ccc(F)cc2)cc1I. The third-order valence-corrected chi connectivity index (χ3v) is 3.37. The van der Waals surface area contributed by atoms with Crippen LogP contribution in [0.4, 0.5) is 4.39 Å². The lowest BCUT2D eigenvalue weighted by Crippen LogP contribution is -1.83. The standard InChI is InChI=1S/C12H7ClFIO/c13-10-6-12(16)11(15)5-9(10)7-1-3-8(14)4-2-7/h1-6,16H. The van der Waals surface area contributed by atoms with Crippen LogP contribution in [0.2, 0.25) is 5.02 Å². The summed E-state index contributed by atoms with van der Waals surface area (Å²) in [7, 11) is 0. The molecule has 2 aromatic rings. The molecule has 16 heavy (non-hydrogen) atoms. The van der Waals surface area contributed by atoms with E-state index in [1.165, 1.54) is 18.2 Å². The number of benzene rings is 2. The van der Waals surface area contributed by atoms with E-state index in [0.29, 0.717) is 8.59 Å². The number of aromatic hydroxyl groups is 1. The molecule has 0 heterocycles. The molecule has 0 aliphatic rings. The fraction of sp³-hybridized carbons (Fsp3) is 0. The number of halogens is 3. The molecule has 1 N–H and O–H groups in total. The van der Waals surface area contributed by atoms with Crippen molar-refractivity contribution < 1.29 is 9.50 Å². The van der Waals surface area contributed by atoms with Crippen molar-refractivity contribution in [2.45, 2.75) is 0 Å². The number of hydrogen-bond donors (Lipinski definition) is 1. The van der Waals surface area contributed by atoms with Gasteiger partial charge in [-0.05, 0) is 46.4 Å². The third-order valence-electron chi connectivity index (χ3n) is 2.19. The Hall–Kier alpha value is -0.810. The van der Waals surface area contributed by atoms with Crippen molar-refractivity contribution >= 4 is 34.2 Å². The fourth-order valence-corrected chi connectivity index (χ4v) is 2.12. The van der Waals surface area contributed by atoms with Gasteiger partial charge in [-0.3, -0.25) is 0 Å². The van der Waals surface area contributed by atoms with Crippen LogP contribution in [0.5, 0.6) is 5.75 Å². The molecule has 0 atom stereocenters.